The van der Waals surface area contributed by atoms with Crippen molar-refractivity contribution in [3.05, 3.63) is 121 Å². The molecule has 1 aliphatic heterocycles. The van der Waals surface area contributed by atoms with Crippen LogP contribution in [0.25, 0.3) is 10.8 Å². The van der Waals surface area contributed by atoms with Crippen LogP contribution in [-0.4, -0.2) is 45.6 Å². The molecule has 0 saturated heterocycles. The largest absolute Gasteiger partial charge is 0.306 e. The molecule has 0 saturated carbocycles. The highest BCUT2D eigenvalue weighted by Gasteiger charge is 2.34. The molecule has 1 aliphatic rings. The number of carbonyl (C=O) groups is 3. The summed E-state index contributed by atoms with van der Waals surface area (Å²) in [5, 5.41) is 24.1. The van der Waals surface area contributed by atoms with E-state index in [1.165, 1.54) is 4.90 Å². The second kappa shape index (κ2) is 9.78. The lowest BCUT2D eigenvalue weighted by Crippen LogP contribution is -2.46. The Morgan fingerprint density at radius 1 is 0.821 bits per heavy atom. The molecule has 3 amide bonds. The summed E-state index contributed by atoms with van der Waals surface area (Å²) in [7, 11) is 0. The number of hydrogen-bond donors (Lipinski definition) is 0. The van der Waals surface area contributed by atoms with Crippen LogP contribution in [0.4, 0.5) is 17.1 Å². The van der Waals surface area contributed by atoms with Gasteiger partial charge in [-0.25, -0.2) is 0 Å². The molecule has 1 heterocycles. The maximum absolute atomic E-state index is 13.7. The number of carbonyl (C=O) groups excluding carboxylic acids is 3. The molecule has 39 heavy (non-hydrogen) atoms. The van der Waals surface area contributed by atoms with E-state index in [1.807, 2.05) is 12.1 Å². The molecule has 0 atom stereocenters. The molecule has 5 rings (SSSR count). The van der Waals surface area contributed by atoms with Gasteiger partial charge in [-0.3, -0.25) is 39.5 Å². The van der Waals surface area contributed by atoms with E-state index < -0.39 is 38.9 Å². The Bertz CT molecular complexity index is 1630. The van der Waals surface area contributed by atoms with Crippen molar-refractivity contribution in [1.29, 1.82) is 0 Å². The lowest BCUT2D eigenvalue weighted by molar-refractivity contribution is -0.394. The van der Waals surface area contributed by atoms with Gasteiger partial charge < -0.3 is 4.90 Å². The molecule has 0 aromatic heterocycles. The summed E-state index contributed by atoms with van der Waals surface area (Å²) in [6.07, 6.45) is 0. The predicted molar refractivity (Wildman–Crippen MR) is 142 cm³/mol. The molecule has 194 valence electrons. The Balaban J connectivity index is 1.53. The SMILES string of the molecule is Cc1ccccc1N(CCN1C(=O)c2cccc3cccc(c23)C1=O)C(=O)c1cc([N+](=O)[O-])cc([N+](=O)[O-])c1. The van der Waals surface area contributed by atoms with Gasteiger partial charge in [-0.2, -0.15) is 0 Å². The number of aryl methyl sites for hydroxylation is 1. The normalized spacial score (nSPS) is 12.5. The van der Waals surface area contributed by atoms with Crippen molar-refractivity contribution < 1.29 is 24.2 Å². The van der Waals surface area contributed by atoms with Crippen LogP contribution in [0.1, 0.15) is 36.6 Å². The Labute approximate surface area is 221 Å². The minimum Gasteiger partial charge on any atom is -0.306 e. The summed E-state index contributed by atoms with van der Waals surface area (Å²) in [6.45, 7) is 1.41. The Hall–Kier alpha value is -5.45. The molecule has 0 bridgehead atoms. The number of imide groups is 1. The fraction of sp³-hybridized carbons (Fsp3) is 0.107. The quantitative estimate of drug-likeness (QED) is 0.190. The first-order valence-corrected chi connectivity index (χ1v) is 11.9. The first kappa shape index (κ1) is 25.2. The molecule has 11 heteroatoms. The third kappa shape index (κ3) is 4.46. The van der Waals surface area contributed by atoms with E-state index in [-0.39, 0.29) is 18.7 Å². The molecule has 4 aromatic rings. The average Bonchev–Trinajstić information content (AvgIpc) is 2.93. The van der Waals surface area contributed by atoms with E-state index in [4.69, 9.17) is 0 Å². The number of non-ortho nitro benzene ring substituents is 2. The number of hydrogen-bond acceptors (Lipinski definition) is 7. The Morgan fingerprint density at radius 3 is 1.92 bits per heavy atom. The maximum Gasteiger partial charge on any atom is 0.277 e. The van der Waals surface area contributed by atoms with Gasteiger partial charge in [0.1, 0.15) is 0 Å². The van der Waals surface area contributed by atoms with Gasteiger partial charge in [0.15, 0.2) is 0 Å². The van der Waals surface area contributed by atoms with Crippen LogP contribution < -0.4 is 4.90 Å². The summed E-state index contributed by atoms with van der Waals surface area (Å²) in [4.78, 5) is 64.0. The van der Waals surface area contributed by atoms with Crippen LogP contribution in [0.5, 0.6) is 0 Å². The molecular formula is C28H20N4O7. The van der Waals surface area contributed by atoms with E-state index in [0.717, 1.165) is 28.5 Å². The van der Waals surface area contributed by atoms with E-state index in [0.29, 0.717) is 27.8 Å². The van der Waals surface area contributed by atoms with E-state index in [2.05, 4.69) is 0 Å². The van der Waals surface area contributed by atoms with Crippen molar-refractivity contribution in [3.63, 3.8) is 0 Å². The fourth-order valence-corrected chi connectivity index (χ4v) is 4.77. The summed E-state index contributed by atoms with van der Waals surface area (Å²) in [5.41, 5.74) is 0.349. The van der Waals surface area contributed by atoms with Crippen LogP contribution >= 0.6 is 0 Å². The van der Waals surface area contributed by atoms with Gasteiger partial charge in [-0.15, -0.1) is 0 Å². The van der Waals surface area contributed by atoms with Crippen LogP contribution in [-0.2, 0) is 0 Å². The van der Waals surface area contributed by atoms with Crippen molar-refractivity contribution >= 4 is 45.6 Å². The summed E-state index contributed by atoms with van der Waals surface area (Å²) in [6, 6.07) is 19.9. The van der Waals surface area contributed by atoms with Crippen LogP contribution in [0, 0.1) is 27.2 Å². The number of para-hydroxylation sites is 1. The lowest BCUT2D eigenvalue weighted by atomic mass is 9.94. The standard InChI is InChI=1S/C28H20N4O7/c1-17-6-2-3-11-24(17)29(26(33)19-14-20(31(36)37)16-21(15-19)32(38)39)12-13-30-27(34)22-9-4-7-18-8-5-10-23(25(18)22)28(30)35/h2-11,14-16H,12-13H2,1H3. The predicted octanol–water partition coefficient (Wildman–Crippen LogP) is 4.91. The maximum atomic E-state index is 13.7. The number of anilines is 1. The number of nitro benzene ring substituents is 2. The van der Waals surface area contributed by atoms with Crippen molar-refractivity contribution in [2.45, 2.75) is 6.92 Å². The zero-order valence-electron chi connectivity index (χ0n) is 20.6. The van der Waals surface area contributed by atoms with Gasteiger partial charge in [0.25, 0.3) is 29.1 Å². The highest BCUT2D eigenvalue weighted by molar-refractivity contribution is 6.25. The van der Waals surface area contributed by atoms with Crippen molar-refractivity contribution in [3.8, 4) is 0 Å². The number of nitro groups is 2. The van der Waals surface area contributed by atoms with E-state index in [1.54, 1.807) is 55.5 Å². The first-order valence-electron chi connectivity index (χ1n) is 11.9. The molecule has 0 radical (unpaired) electrons. The number of amides is 3. The Kier molecular flexibility index (Phi) is 6.32. The molecule has 0 fully saturated rings. The zero-order chi connectivity index (χ0) is 27.8. The smallest absolute Gasteiger partial charge is 0.277 e. The van der Waals surface area contributed by atoms with E-state index in [9.17, 15) is 34.6 Å². The number of benzene rings is 4. The zero-order valence-corrected chi connectivity index (χ0v) is 20.6. The lowest BCUT2D eigenvalue weighted by Gasteiger charge is -2.30. The molecule has 0 unspecified atom stereocenters. The minimum absolute atomic E-state index is 0.157. The number of rotatable bonds is 7. The number of nitrogens with zero attached hydrogens (tertiary/aromatic N) is 4. The van der Waals surface area contributed by atoms with Crippen molar-refractivity contribution in [2.24, 2.45) is 0 Å². The van der Waals surface area contributed by atoms with Gasteiger partial charge >= 0.3 is 0 Å². The van der Waals surface area contributed by atoms with Gasteiger partial charge in [0.05, 0.1) is 21.5 Å². The second-order valence-corrected chi connectivity index (χ2v) is 8.97. The third-order valence-electron chi connectivity index (χ3n) is 6.63. The summed E-state index contributed by atoms with van der Waals surface area (Å²) >= 11 is 0. The third-order valence-corrected chi connectivity index (χ3v) is 6.63. The molecule has 0 aliphatic carbocycles. The van der Waals surface area contributed by atoms with Crippen molar-refractivity contribution in [1.82, 2.24) is 4.90 Å². The minimum atomic E-state index is -0.814. The highest BCUT2D eigenvalue weighted by atomic mass is 16.6. The second-order valence-electron chi connectivity index (χ2n) is 8.97. The van der Waals surface area contributed by atoms with Gasteiger partial charge in [0.2, 0.25) is 0 Å². The van der Waals surface area contributed by atoms with Crippen LogP contribution in [0.15, 0.2) is 78.9 Å². The molecule has 0 spiro atoms. The van der Waals surface area contributed by atoms with Gasteiger partial charge in [0, 0.05) is 47.4 Å². The molecule has 0 N–H and O–H groups in total. The van der Waals surface area contributed by atoms with Crippen LogP contribution in [0.2, 0.25) is 0 Å². The monoisotopic (exact) mass is 524 g/mol. The molecule has 11 nitrogen and oxygen atoms in total. The fourth-order valence-electron chi connectivity index (χ4n) is 4.77. The van der Waals surface area contributed by atoms with Gasteiger partial charge in [-0.1, -0.05) is 42.5 Å². The Morgan fingerprint density at radius 2 is 1.38 bits per heavy atom. The molecular weight excluding hydrogens is 504 g/mol. The van der Waals surface area contributed by atoms with E-state index >= 15 is 0 Å². The highest BCUT2D eigenvalue weighted by Crippen LogP contribution is 2.31. The topological polar surface area (TPSA) is 144 Å². The molecule has 4 aromatic carbocycles. The summed E-state index contributed by atoms with van der Waals surface area (Å²) < 4.78 is 0. The van der Waals surface area contributed by atoms with Gasteiger partial charge in [-0.05, 0) is 36.1 Å². The summed E-state index contributed by atoms with van der Waals surface area (Å²) in [5.74, 6) is -1.77. The average molecular weight is 524 g/mol. The first-order chi connectivity index (χ1) is 18.7. The van der Waals surface area contributed by atoms with Crippen molar-refractivity contribution in [2.75, 3.05) is 18.0 Å². The van der Waals surface area contributed by atoms with Crippen LogP contribution in [0.3, 0.4) is 0 Å².